The Kier molecular flexibility index (Phi) is 13.6. The van der Waals surface area contributed by atoms with Crippen molar-refractivity contribution < 1.29 is 38.1 Å². The Morgan fingerprint density at radius 3 is 1.48 bits per heavy atom. The van der Waals surface area contributed by atoms with E-state index in [2.05, 4.69) is 0 Å². The second-order valence-electron chi connectivity index (χ2n) is 12.6. The van der Waals surface area contributed by atoms with Crippen molar-refractivity contribution in [1.82, 2.24) is 0 Å². The van der Waals surface area contributed by atoms with Gasteiger partial charge in [0, 0.05) is 28.9 Å². The van der Waals surface area contributed by atoms with Gasteiger partial charge < -0.3 is 18.9 Å². The Morgan fingerprint density at radius 2 is 1.02 bits per heavy atom. The van der Waals surface area contributed by atoms with Crippen molar-refractivity contribution in [2.75, 3.05) is 19.8 Å². The summed E-state index contributed by atoms with van der Waals surface area (Å²) in [6.07, 6.45) is 3.14. The zero-order valence-corrected chi connectivity index (χ0v) is 29.3. The summed E-state index contributed by atoms with van der Waals surface area (Å²) in [5.74, 6) is 0.148. The first-order valence-corrected chi connectivity index (χ1v) is 17.1. The highest BCUT2D eigenvalue weighted by Gasteiger charge is 2.33. The quantitative estimate of drug-likeness (QED) is 0.0523. The van der Waals surface area contributed by atoms with Crippen LogP contribution in [0.15, 0.2) is 109 Å². The highest BCUT2D eigenvalue weighted by molar-refractivity contribution is 6.09. The molecule has 8 heteroatoms. The number of hydrogen-bond acceptors (Lipinski definition) is 8. The van der Waals surface area contributed by atoms with Crippen molar-refractivity contribution in [3.8, 4) is 11.5 Å². The van der Waals surface area contributed by atoms with Crippen molar-refractivity contribution in [2.24, 2.45) is 0 Å². The molecule has 0 saturated heterocycles. The summed E-state index contributed by atoms with van der Waals surface area (Å²) in [7, 11) is 0. The lowest BCUT2D eigenvalue weighted by Crippen LogP contribution is -2.41. The fourth-order valence-corrected chi connectivity index (χ4v) is 5.24. The maximum atomic E-state index is 13.1. The standard InChI is InChI=1S/C42H46O8/c1-5-41(3,50-38(44)30-48-36-25-21-34(22-26-36)40(46)32-17-11-8-12-18-32)27-13-14-28-49-42(4,6-2)37(43)29-47-35-23-19-33(20-24-35)39(45)31-15-9-7-10-16-31/h7-12,15-26H,5-6,13-14,27-30H2,1-4H3. The number of ketones is 3. The third-order valence-electron chi connectivity index (χ3n) is 8.92. The van der Waals surface area contributed by atoms with Gasteiger partial charge in [-0.3, -0.25) is 14.4 Å². The predicted octanol–water partition coefficient (Wildman–Crippen LogP) is 8.24. The van der Waals surface area contributed by atoms with Gasteiger partial charge in [0.1, 0.15) is 29.3 Å². The van der Waals surface area contributed by atoms with Gasteiger partial charge in [-0.05, 0) is 94.5 Å². The number of Topliss-reactive ketones (excluding diaryl/α,β-unsaturated/α-hetero) is 1. The van der Waals surface area contributed by atoms with Crippen LogP contribution in [0.4, 0.5) is 0 Å². The fourth-order valence-electron chi connectivity index (χ4n) is 5.24. The molecule has 0 aliphatic carbocycles. The molecule has 0 bridgehead atoms. The van der Waals surface area contributed by atoms with Crippen LogP contribution in [0.3, 0.4) is 0 Å². The van der Waals surface area contributed by atoms with Gasteiger partial charge in [0.15, 0.2) is 18.2 Å². The van der Waals surface area contributed by atoms with Crippen molar-refractivity contribution in [1.29, 1.82) is 0 Å². The Morgan fingerprint density at radius 1 is 0.560 bits per heavy atom. The van der Waals surface area contributed by atoms with Gasteiger partial charge in [-0.1, -0.05) is 74.5 Å². The van der Waals surface area contributed by atoms with Crippen LogP contribution in [-0.2, 0) is 19.1 Å². The first kappa shape index (κ1) is 37.7. The van der Waals surface area contributed by atoms with Crippen LogP contribution in [0.1, 0.15) is 91.6 Å². The van der Waals surface area contributed by atoms with Crippen LogP contribution < -0.4 is 9.47 Å². The Labute approximate surface area is 294 Å². The molecule has 2 atom stereocenters. The Balaban J connectivity index is 1.16. The zero-order valence-electron chi connectivity index (χ0n) is 29.3. The maximum absolute atomic E-state index is 13.1. The molecule has 4 rings (SSSR count). The molecule has 0 radical (unpaired) electrons. The van der Waals surface area contributed by atoms with Crippen LogP contribution in [0, 0.1) is 0 Å². The molecule has 0 aromatic heterocycles. The van der Waals surface area contributed by atoms with E-state index >= 15 is 0 Å². The number of ether oxygens (including phenoxy) is 4. The van der Waals surface area contributed by atoms with Crippen LogP contribution in [0.2, 0.25) is 0 Å². The third-order valence-corrected chi connectivity index (χ3v) is 8.92. The van der Waals surface area contributed by atoms with Crippen molar-refractivity contribution in [3.05, 3.63) is 131 Å². The molecule has 0 N–H and O–H groups in total. The second kappa shape index (κ2) is 18.1. The van der Waals surface area contributed by atoms with E-state index in [9.17, 15) is 19.2 Å². The summed E-state index contributed by atoms with van der Waals surface area (Å²) in [6.45, 7) is 7.50. The monoisotopic (exact) mass is 678 g/mol. The minimum Gasteiger partial charge on any atom is -0.486 e. The number of rotatable bonds is 20. The molecule has 8 nitrogen and oxygen atoms in total. The number of carbonyl (C=O) groups is 4. The van der Waals surface area contributed by atoms with E-state index in [-0.39, 0.29) is 30.6 Å². The lowest BCUT2D eigenvalue weighted by Gasteiger charge is -2.29. The van der Waals surface area contributed by atoms with Crippen LogP contribution in [-0.4, -0.2) is 54.3 Å². The molecule has 0 aliphatic rings. The molecule has 50 heavy (non-hydrogen) atoms. The van der Waals surface area contributed by atoms with Gasteiger partial charge in [-0.2, -0.15) is 0 Å². The Hall–Kier alpha value is -5.08. The minimum atomic E-state index is -1.01. The molecule has 0 aliphatic heterocycles. The summed E-state index contributed by atoms with van der Waals surface area (Å²) in [6, 6.07) is 31.5. The van der Waals surface area contributed by atoms with Gasteiger partial charge in [0.25, 0.3) is 0 Å². The average Bonchev–Trinajstić information content (AvgIpc) is 3.16. The van der Waals surface area contributed by atoms with Crippen LogP contribution >= 0.6 is 0 Å². The van der Waals surface area contributed by atoms with E-state index in [1.807, 2.05) is 57.2 Å². The predicted molar refractivity (Wildman–Crippen MR) is 192 cm³/mol. The van der Waals surface area contributed by atoms with Crippen molar-refractivity contribution in [2.45, 2.75) is 71.0 Å². The van der Waals surface area contributed by atoms with E-state index in [4.69, 9.17) is 18.9 Å². The number of hydrogen-bond donors (Lipinski definition) is 0. The van der Waals surface area contributed by atoms with E-state index in [1.165, 1.54) is 0 Å². The van der Waals surface area contributed by atoms with E-state index < -0.39 is 17.2 Å². The molecule has 4 aromatic carbocycles. The summed E-state index contributed by atoms with van der Waals surface area (Å²) in [5.41, 5.74) is 0.603. The van der Waals surface area contributed by atoms with E-state index in [0.29, 0.717) is 66.0 Å². The first-order chi connectivity index (χ1) is 24.1. The van der Waals surface area contributed by atoms with Gasteiger partial charge in [-0.25, -0.2) is 4.79 Å². The average molecular weight is 679 g/mol. The molecule has 4 aromatic rings. The summed E-state index contributed by atoms with van der Waals surface area (Å²) < 4.78 is 23.3. The molecule has 0 spiro atoms. The molecule has 0 fully saturated rings. The first-order valence-electron chi connectivity index (χ1n) is 17.1. The SMILES string of the molecule is CCC(C)(CCCCOC(C)(CC)C(=O)COc1ccc(C(=O)c2ccccc2)cc1)OC(=O)COc1ccc(C(=O)c2ccccc2)cc1. The minimum absolute atomic E-state index is 0.0800. The lowest BCUT2D eigenvalue weighted by atomic mass is 9.95. The smallest absolute Gasteiger partial charge is 0.344 e. The molecule has 2 unspecified atom stereocenters. The van der Waals surface area contributed by atoms with E-state index in [0.717, 1.165) is 6.42 Å². The third kappa shape index (κ3) is 10.7. The zero-order chi connectivity index (χ0) is 36.0. The summed E-state index contributed by atoms with van der Waals surface area (Å²) in [5, 5.41) is 0. The molecule has 0 amide bonds. The molecule has 0 heterocycles. The number of benzene rings is 4. The van der Waals surface area contributed by atoms with Crippen molar-refractivity contribution in [3.63, 3.8) is 0 Å². The lowest BCUT2D eigenvalue weighted by molar-refractivity contribution is -0.162. The normalized spacial score (nSPS) is 13.4. The van der Waals surface area contributed by atoms with Crippen LogP contribution in [0.5, 0.6) is 11.5 Å². The molecular weight excluding hydrogens is 632 g/mol. The summed E-state index contributed by atoms with van der Waals surface area (Å²) >= 11 is 0. The maximum Gasteiger partial charge on any atom is 0.344 e. The number of unbranched alkanes of at least 4 members (excludes halogenated alkanes) is 1. The van der Waals surface area contributed by atoms with Gasteiger partial charge in [0.2, 0.25) is 5.78 Å². The highest BCUT2D eigenvalue weighted by atomic mass is 16.6. The number of esters is 1. The molecular formula is C42H46O8. The topological polar surface area (TPSA) is 105 Å². The second-order valence-corrected chi connectivity index (χ2v) is 12.6. The Bertz CT molecular complexity index is 1700. The van der Waals surface area contributed by atoms with Gasteiger partial charge in [0.05, 0.1) is 0 Å². The van der Waals surface area contributed by atoms with Gasteiger partial charge >= 0.3 is 5.97 Å². The van der Waals surface area contributed by atoms with E-state index in [1.54, 1.807) is 79.7 Å². The number of carbonyl (C=O) groups excluding carboxylic acids is 4. The van der Waals surface area contributed by atoms with Crippen LogP contribution in [0.25, 0.3) is 0 Å². The highest BCUT2D eigenvalue weighted by Crippen LogP contribution is 2.25. The molecule has 0 saturated carbocycles. The van der Waals surface area contributed by atoms with Crippen molar-refractivity contribution >= 4 is 23.3 Å². The van der Waals surface area contributed by atoms with Gasteiger partial charge in [-0.15, -0.1) is 0 Å². The molecule has 262 valence electrons. The summed E-state index contributed by atoms with van der Waals surface area (Å²) in [4.78, 5) is 51.0. The largest absolute Gasteiger partial charge is 0.486 e. The fraction of sp³-hybridized carbons (Fsp3) is 0.333.